The van der Waals surface area contributed by atoms with E-state index in [2.05, 4.69) is 0 Å². The van der Waals surface area contributed by atoms with Gasteiger partial charge in [0.1, 0.15) is 0 Å². The zero-order valence-electron chi connectivity index (χ0n) is 14.4. The highest BCUT2D eigenvalue weighted by molar-refractivity contribution is 6.62. The summed E-state index contributed by atoms with van der Waals surface area (Å²) >= 11 is 0. The molecule has 2 aromatic carbocycles. The van der Waals surface area contributed by atoms with E-state index in [9.17, 15) is 13.2 Å². The first-order valence-corrected chi connectivity index (χ1v) is 8.17. The van der Waals surface area contributed by atoms with Crippen LogP contribution in [0.15, 0.2) is 54.6 Å². The van der Waals surface area contributed by atoms with Gasteiger partial charge >= 0.3 is 13.3 Å². The van der Waals surface area contributed by atoms with Crippen molar-refractivity contribution in [2.24, 2.45) is 0 Å². The minimum atomic E-state index is -4.36. The molecule has 25 heavy (non-hydrogen) atoms. The molecule has 1 atom stereocenters. The van der Waals surface area contributed by atoms with Gasteiger partial charge < -0.3 is 9.31 Å². The van der Waals surface area contributed by atoms with E-state index in [0.717, 1.165) is 11.5 Å². The van der Waals surface area contributed by atoms with Gasteiger partial charge in [-0.2, -0.15) is 13.2 Å². The SMILES string of the molecule is CC1(C)OB(c2ccccc2)OC1(C)Cc1cccc(C(F)(F)F)c1. The van der Waals surface area contributed by atoms with Crippen molar-refractivity contribution in [1.29, 1.82) is 0 Å². The second kappa shape index (κ2) is 6.18. The first kappa shape index (κ1) is 18.0. The summed E-state index contributed by atoms with van der Waals surface area (Å²) in [6, 6.07) is 14.9. The summed E-state index contributed by atoms with van der Waals surface area (Å²) in [7, 11) is -0.535. The van der Waals surface area contributed by atoms with Gasteiger partial charge in [-0.05, 0) is 37.9 Å². The fourth-order valence-electron chi connectivity index (χ4n) is 3.04. The van der Waals surface area contributed by atoms with Crippen LogP contribution in [0.3, 0.4) is 0 Å². The highest BCUT2D eigenvalue weighted by Gasteiger charge is 2.54. The maximum Gasteiger partial charge on any atom is 0.494 e. The number of benzene rings is 2. The van der Waals surface area contributed by atoms with Gasteiger partial charge in [-0.3, -0.25) is 0 Å². The number of alkyl halides is 3. The molecule has 1 aliphatic heterocycles. The molecule has 1 fully saturated rings. The lowest BCUT2D eigenvalue weighted by molar-refractivity contribution is -0.137. The molecule has 0 aromatic heterocycles. The molecule has 1 aliphatic rings. The third kappa shape index (κ3) is 3.60. The molecule has 132 valence electrons. The second-order valence-corrected chi connectivity index (χ2v) is 7.09. The molecule has 0 aliphatic carbocycles. The van der Waals surface area contributed by atoms with Crippen molar-refractivity contribution in [3.8, 4) is 0 Å². The van der Waals surface area contributed by atoms with Crippen molar-refractivity contribution in [3.63, 3.8) is 0 Å². The van der Waals surface area contributed by atoms with E-state index in [-0.39, 0.29) is 0 Å². The van der Waals surface area contributed by atoms with Crippen LogP contribution >= 0.6 is 0 Å². The van der Waals surface area contributed by atoms with Crippen molar-refractivity contribution in [1.82, 2.24) is 0 Å². The largest absolute Gasteiger partial charge is 0.494 e. The van der Waals surface area contributed by atoms with Crippen molar-refractivity contribution >= 4 is 12.6 Å². The first-order valence-electron chi connectivity index (χ1n) is 8.17. The van der Waals surface area contributed by atoms with Crippen LogP contribution in [0, 0.1) is 0 Å². The monoisotopic (exact) mass is 348 g/mol. The molecule has 1 heterocycles. The van der Waals surface area contributed by atoms with Gasteiger partial charge in [-0.25, -0.2) is 0 Å². The topological polar surface area (TPSA) is 18.5 Å². The van der Waals surface area contributed by atoms with Gasteiger partial charge in [-0.1, -0.05) is 48.5 Å². The second-order valence-electron chi connectivity index (χ2n) is 7.09. The number of hydrogen-bond acceptors (Lipinski definition) is 2. The summed E-state index contributed by atoms with van der Waals surface area (Å²) in [5, 5.41) is 0. The molecule has 0 saturated carbocycles. The van der Waals surface area contributed by atoms with E-state index in [4.69, 9.17) is 9.31 Å². The van der Waals surface area contributed by atoms with Gasteiger partial charge in [0.05, 0.1) is 16.8 Å². The zero-order valence-corrected chi connectivity index (χ0v) is 14.4. The Morgan fingerprint density at radius 3 is 2.24 bits per heavy atom. The Morgan fingerprint density at radius 1 is 0.920 bits per heavy atom. The van der Waals surface area contributed by atoms with Crippen LogP contribution in [-0.2, 0) is 21.9 Å². The third-order valence-electron chi connectivity index (χ3n) is 4.91. The Balaban J connectivity index is 1.86. The lowest BCUT2D eigenvalue weighted by Gasteiger charge is -2.36. The summed E-state index contributed by atoms with van der Waals surface area (Å²) in [5.74, 6) is 0. The highest BCUT2D eigenvalue weighted by Crippen LogP contribution is 2.40. The molecule has 6 heteroatoms. The lowest BCUT2D eigenvalue weighted by Crippen LogP contribution is -2.46. The van der Waals surface area contributed by atoms with Gasteiger partial charge in [0.15, 0.2) is 0 Å². The van der Waals surface area contributed by atoms with Crippen molar-refractivity contribution < 1.29 is 22.5 Å². The van der Waals surface area contributed by atoms with Gasteiger partial charge in [0, 0.05) is 6.42 Å². The predicted molar refractivity (Wildman–Crippen MR) is 91.6 cm³/mol. The van der Waals surface area contributed by atoms with E-state index in [0.29, 0.717) is 12.0 Å². The fourth-order valence-corrected chi connectivity index (χ4v) is 3.04. The average Bonchev–Trinajstić information content (AvgIpc) is 2.77. The third-order valence-corrected chi connectivity index (χ3v) is 4.91. The summed E-state index contributed by atoms with van der Waals surface area (Å²) in [6.45, 7) is 5.70. The van der Waals surface area contributed by atoms with Crippen molar-refractivity contribution in [2.45, 2.75) is 44.6 Å². The van der Waals surface area contributed by atoms with Crippen LogP contribution in [0.4, 0.5) is 13.2 Å². The molecular formula is C19H20BF3O2. The average molecular weight is 348 g/mol. The Morgan fingerprint density at radius 2 is 1.60 bits per heavy atom. The van der Waals surface area contributed by atoms with Crippen molar-refractivity contribution in [2.75, 3.05) is 0 Å². The minimum Gasteiger partial charge on any atom is -0.399 e. The molecule has 0 radical (unpaired) electrons. The Kier molecular flexibility index (Phi) is 4.46. The molecule has 0 bridgehead atoms. The van der Waals surface area contributed by atoms with Crippen LogP contribution in [-0.4, -0.2) is 18.3 Å². The summed E-state index contributed by atoms with van der Waals surface area (Å²) in [4.78, 5) is 0. The van der Waals surface area contributed by atoms with E-state index < -0.39 is 30.1 Å². The van der Waals surface area contributed by atoms with E-state index in [1.807, 2.05) is 51.1 Å². The smallest absolute Gasteiger partial charge is 0.399 e. The Bertz CT molecular complexity index is 746. The van der Waals surface area contributed by atoms with Crippen LogP contribution in [0.5, 0.6) is 0 Å². The maximum absolute atomic E-state index is 13.0. The predicted octanol–water partition coefficient (Wildman–Crippen LogP) is 4.23. The summed E-state index contributed by atoms with van der Waals surface area (Å²) in [5.41, 5.74) is -0.588. The number of rotatable bonds is 3. The molecule has 1 unspecified atom stereocenters. The lowest BCUT2D eigenvalue weighted by atomic mass is 9.79. The van der Waals surface area contributed by atoms with Crippen LogP contribution < -0.4 is 5.46 Å². The number of hydrogen-bond donors (Lipinski definition) is 0. The molecule has 2 nitrogen and oxygen atoms in total. The molecule has 0 N–H and O–H groups in total. The van der Waals surface area contributed by atoms with Gasteiger partial charge in [-0.15, -0.1) is 0 Å². The standard InChI is InChI=1S/C19H20BF3O2/c1-17(2)18(3,25-20(24-17)16-10-5-4-6-11-16)13-14-8-7-9-15(12-14)19(21,22)23/h4-12H,13H2,1-3H3. The van der Waals surface area contributed by atoms with Crippen LogP contribution in [0.2, 0.25) is 0 Å². The van der Waals surface area contributed by atoms with Crippen molar-refractivity contribution in [3.05, 3.63) is 65.7 Å². The normalized spacial score (nSPS) is 23.0. The summed E-state index contributed by atoms with van der Waals surface area (Å²) in [6.07, 6.45) is -4.03. The Labute approximate surface area is 146 Å². The van der Waals surface area contributed by atoms with Crippen LogP contribution in [0.1, 0.15) is 31.9 Å². The van der Waals surface area contributed by atoms with E-state index >= 15 is 0 Å². The maximum atomic E-state index is 13.0. The molecule has 2 aromatic rings. The molecule has 1 saturated heterocycles. The van der Waals surface area contributed by atoms with E-state index in [1.165, 1.54) is 12.1 Å². The van der Waals surface area contributed by atoms with Gasteiger partial charge in [0.25, 0.3) is 0 Å². The number of halogens is 3. The quantitative estimate of drug-likeness (QED) is 0.773. The van der Waals surface area contributed by atoms with Gasteiger partial charge in [0.2, 0.25) is 0 Å². The molecular weight excluding hydrogens is 328 g/mol. The Hall–Kier alpha value is -1.79. The van der Waals surface area contributed by atoms with E-state index in [1.54, 1.807) is 6.07 Å². The molecule has 3 rings (SSSR count). The molecule has 0 amide bonds. The zero-order chi connectivity index (χ0) is 18.3. The minimum absolute atomic E-state index is 0.327. The highest BCUT2D eigenvalue weighted by atomic mass is 19.4. The summed E-state index contributed by atoms with van der Waals surface area (Å²) < 4.78 is 51.1. The first-order chi connectivity index (χ1) is 11.6. The molecule has 0 spiro atoms. The fraction of sp³-hybridized carbons (Fsp3) is 0.368. The van der Waals surface area contributed by atoms with Crippen LogP contribution in [0.25, 0.3) is 0 Å².